The van der Waals surface area contributed by atoms with Crippen molar-refractivity contribution in [3.8, 4) is 11.4 Å². The number of nitrogens with one attached hydrogen (secondary N) is 1. The Labute approximate surface area is 165 Å². The Hall–Kier alpha value is -3.29. The van der Waals surface area contributed by atoms with Gasteiger partial charge in [-0.15, -0.1) is 0 Å². The van der Waals surface area contributed by atoms with E-state index in [0.29, 0.717) is 24.3 Å². The molecule has 0 radical (unpaired) electrons. The lowest BCUT2D eigenvalue weighted by molar-refractivity contribution is 0.0940. The van der Waals surface area contributed by atoms with E-state index in [0.717, 1.165) is 29.8 Å². The first-order valence-corrected chi connectivity index (χ1v) is 9.25. The Morgan fingerprint density at radius 1 is 1.07 bits per heavy atom. The van der Waals surface area contributed by atoms with Crippen molar-refractivity contribution < 1.29 is 22.7 Å². The van der Waals surface area contributed by atoms with Gasteiger partial charge in [-0.1, -0.05) is 0 Å². The van der Waals surface area contributed by atoms with Gasteiger partial charge in [0.05, 0.1) is 12.2 Å². The molecule has 150 valence electrons. The summed E-state index contributed by atoms with van der Waals surface area (Å²) in [5.41, 5.74) is 2.32. The van der Waals surface area contributed by atoms with Gasteiger partial charge >= 0.3 is 0 Å². The van der Waals surface area contributed by atoms with Crippen molar-refractivity contribution in [3.63, 3.8) is 0 Å². The van der Waals surface area contributed by atoms with E-state index < -0.39 is 11.6 Å². The van der Waals surface area contributed by atoms with Crippen LogP contribution in [0.2, 0.25) is 0 Å². The van der Waals surface area contributed by atoms with Crippen LogP contribution in [-0.2, 0) is 12.8 Å². The van der Waals surface area contributed by atoms with Crippen LogP contribution in [-0.4, -0.2) is 28.8 Å². The van der Waals surface area contributed by atoms with E-state index in [1.54, 1.807) is 0 Å². The fraction of sp³-hybridized carbons (Fsp3) is 0.238. The van der Waals surface area contributed by atoms with Crippen LogP contribution < -0.4 is 10.1 Å². The smallest absolute Gasteiger partial charge is 0.272 e. The summed E-state index contributed by atoms with van der Waals surface area (Å²) in [7, 11) is 0. The summed E-state index contributed by atoms with van der Waals surface area (Å²) in [4.78, 5) is 12.6. The number of fused-ring (bicyclic) bond motifs is 1. The molecular weight excluding hydrogens is 383 g/mol. The van der Waals surface area contributed by atoms with Crippen molar-refractivity contribution in [2.75, 3.05) is 13.2 Å². The van der Waals surface area contributed by atoms with E-state index in [4.69, 9.17) is 4.74 Å². The molecule has 29 heavy (non-hydrogen) atoms. The SMILES string of the molecule is O=C(NCCOc1ccc(F)cc1)c1nn(-c2ccc(F)c(F)c2)c2c1CCC2. The minimum absolute atomic E-state index is 0.212. The van der Waals surface area contributed by atoms with E-state index in [1.807, 2.05) is 0 Å². The Morgan fingerprint density at radius 3 is 2.62 bits per heavy atom. The van der Waals surface area contributed by atoms with Gasteiger partial charge in [-0.05, 0) is 55.7 Å². The highest BCUT2D eigenvalue weighted by Crippen LogP contribution is 2.28. The minimum atomic E-state index is -0.964. The van der Waals surface area contributed by atoms with Gasteiger partial charge < -0.3 is 10.1 Å². The second-order valence-corrected chi connectivity index (χ2v) is 6.70. The number of nitrogens with zero attached hydrogens (tertiary/aromatic N) is 2. The molecule has 0 spiro atoms. The molecule has 4 rings (SSSR count). The summed E-state index contributed by atoms with van der Waals surface area (Å²) in [5.74, 6) is -2.10. The number of rotatable bonds is 6. The molecule has 8 heteroatoms. The van der Waals surface area contributed by atoms with Gasteiger partial charge in [0.1, 0.15) is 18.2 Å². The number of hydrogen-bond acceptors (Lipinski definition) is 3. The molecule has 0 saturated heterocycles. The number of carbonyl (C=O) groups excluding carboxylic acids is 1. The van der Waals surface area contributed by atoms with Crippen LogP contribution in [0.25, 0.3) is 5.69 Å². The molecule has 0 atom stereocenters. The Morgan fingerprint density at radius 2 is 1.86 bits per heavy atom. The third-order valence-corrected chi connectivity index (χ3v) is 4.76. The van der Waals surface area contributed by atoms with Crippen LogP contribution >= 0.6 is 0 Å². The summed E-state index contributed by atoms with van der Waals surface area (Å²) >= 11 is 0. The van der Waals surface area contributed by atoms with E-state index in [-0.39, 0.29) is 30.6 Å². The molecule has 5 nitrogen and oxygen atoms in total. The number of ether oxygens (including phenoxy) is 1. The molecule has 1 aliphatic rings. The number of hydrogen-bond donors (Lipinski definition) is 1. The summed E-state index contributed by atoms with van der Waals surface area (Å²) in [5, 5.41) is 7.10. The second kappa shape index (κ2) is 7.98. The van der Waals surface area contributed by atoms with Crippen LogP contribution in [0.5, 0.6) is 5.75 Å². The van der Waals surface area contributed by atoms with Gasteiger partial charge in [0.15, 0.2) is 17.3 Å². The average molecular weight is 401 g/mol. The molecule has 1 heterocycles. The second-order valence-electron chi connectivity index (χ2n) is 6.70. The lowest BCUT2D eigenvalue weighted by Gasteiger charge is -2.07. The molecule has 0 bridgehead atoms. The molecular formula is C21H18F3N3O2. The monoisotopic (exact) mass is 401 g/mol. The summed E-state index contributed by atoms with van der Waals surface area (Å²) in [6.45, 7) is 0.451. The predicted molar refractivity (Wildman–Crippen MR) is 99.7 cm³/mol. The van der Waals surface area contributed by atoms with Gasteiger partial charge in [0.25, 0.3) is 5.91 Å². The van der Waals surface area contributed by atoms with Crippen molar-refractivity contribution >= 4 is 5.91 Å². The lowest BCUT2D eigenvalue weighted by atomic mass is 10.2. The standard InChI is InChI=1S/C21H18F3N3O2/c22-13-4-7-15(8-5-13)29-11-10-25-21(28)20-16-2-1-3-19(16)27(26-20)14-6-9-17(23)18(24)12-14/h4-9,12H,1-3,10-11H2,(H,25,28). The predicted octanol–water partition coefficient (Wildman–Crippen LogP) is 3.59. The largest absolute Gasteiger partial charge is 0.492 e. The Balaban J connectivity index is 1.44. The number of amides is 1. The molecule has 2 aromatic carbocycles. The molecule has 3 aromatic rings. The highest BCUT2D eigenvalue weighted by Gasteiger charge is 2.27. The van der Waals surface area contributed by atoms with Crippen molar-refractivity contribution in [2.45, 2.75) is 19.3 Å². The van der Waals surface area contributed by atoms with E-state index >= 15 is 0 Å². The zero-order valence-corrected chi connectivity index (χ0v) is 15.4. The molecule has 1 N–H and O–H groups in total. The fourth-order valence-electron chi connectivity index (χ4n) is 3.40. The van der Waals surface area contributed by atoms with Crippen LogP contribution in [0.4, 0.5) is 13.2 Å². The highest BCUT2D eigenvalue weighted by molar-refractivity contribution is 5.94. The zero-order valence-electron chi connectivity index (χ0n) is 15.4. The van der Waals surface area contributed by atoms with Crippen LogP contribution in [0.15, 0.2) is 42.5 Å². The topological polar surface area (TPSA) is 56.1 Å². The molecule has 1 aromatic heterocycles. The van der Waals surface area contributed by atoms with Gasteiger partial charge in [-0.3, -0.25) is 4.79 Å². The first-order chi connectivity index (χ1) is 14.0. The van der Waals surface area contributed by atoms with E-state index in [9.17, 15) is 18.0 Å². The maximum absolute atomic E-state index is 13.6. The van der Waals surface area contributed by atoms with Gasteiger partial charge in [0, 0.05) is 17.3 Å². The number of carbonyl (C=O) groups is 1. The zero-order chi connectivity index (χ0) is 20.4. The first kappa shape index (κ1) is 19.0. The number of aromatic nitrogens is 2. The highest BCUT2D eigenvalue weighted by atomic mass is 19.2. The van der Waals surface area contributed by atoms with Gasteiger partial charge in [-0.2, -0.15) is 5.10 Å². The van der Waals surface area contributed by atoms with Crippen molar-refractivity contribution in [1.82, 2.24) is 15.1 Å². The van der Waals surface area contributed by atoms with Gasteiger partial charge in [-0.25, -0.2) is 17.9 Å². The van der Waals surface area contributed by atoms with Crippen molar-refractivity contribution in [3.05, 3.63) is 76.9 Å². The third-order valence-electron chi connectivity index (χ3n) is 4.76. The number of benzene rings is 2. The number of halogens is 3. The van der Waals surface area contributed by atoms with Crippen molar-refractivity contribution in [1.29, 1.82) is 0 Å². The average Bonchev–Trinajstić information content (AvgIpc) is 3.31. The van der Waals surface area contributed by atoms with Crippen LogP contribution in [0.1, 0.15) is 28.2 Å². The fourth-order valence-corrected chi connectivity index (χ4v) is 3.40. The normalized spacial score (nSPS) is 12.7. The maximum Gasteiger partial charge on any atom is 0.272 e. The van der Waals surface area contributed by atoms with Crippen molar-refractivity contribution in [2.24, 2.45) is 0 Å². The molecule has 0 fully saturated rings. The molecule has 0 saturated carbocycles. The van der Waals surface area contributed by atoms with E-state index in [2.05, 4.69) is 10.4 Å². The lowest BCUT2D eigenvalue weighted by Crippen LogP contribution is -2.29. The summed E-state index contributed by atoms with van der Waals surface area (Å²) in [6, 6.07) is 9.15. The Bertz CT molecular complexity index is 1050. The first-order valence-electron chi connectivity index (χ1n) is 9.25. The molecule has 1 amide bonds. The molecule has 0 aliphatic heterocycles. The third kappa shape index (κ3) is 3.96. The maximum atomic E-state index is 13.6. The summed E-state index contributed by atoms with van der Waals surface area (Å²) in [6.07, 6.45) is 2.28. The van der Waals surface area contributed by atoms with E-state index in [1.165, 1.54) is 35.0 Å². The minimum Gasteiger partial charge on any atom is -0.492 e. The Kier molecular flexibility index (Phi) is 5.24. The quantitative estimate of drug-likeness (QED) is 0.643. The van der Waals surface area contributed by atoms with Crippen LogP contribution in [0.3, 0.4) is 0 Å². The molecule has 1 aliphatic carbocycles. The summed E-state index contributed by atoms with van der Waals surface area (Å²) < 4.78 is 46.7. The van der Waals surface area contributed by atoms with Crippen LogP contribution in [0, 0.1) is 17.5 Å². The molecule has 0 unspecified atom stereocenters. The van der Waals surface area contributed by atoms with Gasteiger partial charge in [0.2, 0.25) is 0 Å².